The second-order valence-electron chi connectivity index (χ2n) is 11.9. The number of alkyl halides is 1. The van der Waals surface area contributed by atoms with Crippen molar-refractivity contribution in [1.82, 2.24) is 9.80 Å². The summed E-state index contributed by atoms with van der Waals surface area (Å²) in [6, 6.07) is 6.36. The first-order chi connectivity index (χ1) is 20.7. The maximum atomic E-state index is 14.5. The number of likely N-dealkylation sites (tertiary alicyclic amines) is 1. The number of benzene rings is 1. The quantitative estimate of drug-likeness (QED) is 0.161. The van der Waals surface area contributed by atoms with E-state index in [9.17, 15) is 19.5 Å². The molecular formula is C33H46BrN3O6. The van der Waals surface area contributed by atoms with Gasteiger partial charge >= 0.3 is 0 Å². The number of nitrogens with zero attached hydrogens (tertiary/aromatic N) is 3. The van der Waals surface area contributed by atoms with Crippen LogP contribution in [0.4, 0.5) is 5.69 Å². The fourth-order valence-electron chi connectivity index (χ4n) is 7.05. The maximum absolute atomic E-state index is 14.5. The number of halogens is 1. The third-order valence-electron chi connectivity index (χ3n) is 8.88. The average molecular weight is 661 g/mol. The van der Waals surface area contributed by atoms with Gasteiger partial charge in [0.15, 0.2) is 0 Å². The molecule has 2 bridgehead atoms. The number of aliphatic hydroxyl groups is 1. The third-order valence-corrected chi connectivity index (χ3v) is 9.73. The van der Waals surface area contributed by atoms with Crippen molar-refractivity contribution >= 4 is 39.3 Å². The van der Waals surface area contributed by atoms with Gasteiger partial charge in [-0.1, -0.05) is 40.9 Å². The molecule has 43 heavy (non-hydrogen) atoms. The van der Waals surface area contributed by atoms with E-state index in [1.165, 1.54) is 0 Å². The second kappa shape index (κ2) is 14.4. The minimum absolute atomic E-state index is 0.110. The predicted octanol–water partition coefficient (Wildman–Crippen LogP) is 4.33. The molecule has 9 nitrogen and oxygen atoms in total. The Morgan fingerprint density at radius 3 is 2.42 bits per heavy atom. The highest BCUT2D eigenvalue weighted by Crippen LogP contribution is 2.60. The number of amides is 3. The molecule has 3 heterocycles. The van der Waals surface area contributed by atoms with Gasteiger partial charge in [0.05, 0.1) is 24.5 Å². The number of aliphatic hydroxyl groups excluding tert-OH is 1. The van der Waals surface area contributed by atoms with Crippen LogP contribution in [-0.4, -0.2) is 94.1 Å². The highest BCUT2D eigenvalue weighted by atomic mass is 79.9. The van der Waals surface area contributed by atoms with Crippen LogP contribution in [0.1, 0.15) is 52.9 Å². The topological polar surface area (TPSA) is 99.6 Å². The van der Waals surface area contributed by atoms with E-state index in [-0.39, 0.29) is 41.7 Å². The van der Waals surface area contributed by atoms with Gasteiger partial charge in [-0.15, -0.1) is 13.2 Å². The van der Waals surface area contributed by atoms with Crippen molar-refractivity contribution in [3.05, 3.63) is 49.6 Å². The Kier molecular flexibility index (Phi) is 11.1. The molecule has 4 rings (SSSR count). The lowest BCUT2D eigenvalue weighted by atomic mass is 9.70. The largest absolute Gasteiger partial charge is 0.494 e. The minimum Gasteiger partial charge on any atom is -0.494 e. The molecule has 1 spiro atoms. The first kappa shape index (κ1) is 33.2. The molecule has 3 fully saturated rings. The lowest BCUT2D eigenvalue weighted by Gasteiger charge is -2.38. The SMILES string of the molecule is C=CCN(C(=O)[C@H]1[C@H]2C(=O)N(CCCCCCO)C(C(=O)N(CC=C)C(C)C)C23CC(Br)[C@@H]1O3)c1ccc(OCC)cc1. The van der Waals surface area contributed by atoms with Crippen molar-refractivity contribution in [2.75, 3.05) is 37.7 Å². The maximum Gasteiger partial charge on any atom is 0.248 e. The van der Waals surface area contributed by atoms with Crippen LogP contribution < -0.4 is 9.64 Å². The second-order valence-corrected chi connectivity index (χ2v) is 13.0. The Labute approximate surface area is 264 Å². The van der Waals surface area contributed by atoms with Gasteiger partial charge in [-0.3, -0.25) is 14.4 Å². The van der Waals surface area contributed by atoms with Crippen molar-refractivity contribution in [2.24, 2.45) is 11.8 Å². The lowest BCUT2D eigenvalue weighted by molar-refractivity contribution is -0.149. The highest BCUT2D eigenvalue weighted by molar-refractivity contribution is 9.09. The molecule has 1 aromatic rings. The van der Waals surface area contributed by atoms with Crippen LogP contribution in [0.3, 0.4) is 0 Å². The summed E-state index contributed by atoms with van der Waals surface area (Å²) in [6.45, 7) is 15.2. The molecule has 1 N–H and O–H groups in total. The van der Waals surface area contributed by atoms with Gasteiger partial charge in [0.25, 0.3) is 0 Å². The standard InChI is InChI=1S/C33H46BrN3O6/c1-6-17-35(22(4)5)32(41)29-33-21-25(34)28(43-33)26(27(33)31(40)37(29)19-11-9-10-12-20-38)30(39)36(18-7-2)23-13-15-24(16-14-23)42-8-3/h6-7,13-16,22,25-29,38H,1-2,8-12,17-21H2,3-5H3/t25?,26-,27-,28-,29?,33?/m0/s1. The van der Waals surface area contributed by atoms with Crippen LogP contribution in [0.2, 0.25) is 0 Å². The average Bonchev–Trinajstić information content (AvgIpc) is 3.57. The first-order valence-electron chi connectivity index (χ1n) is 15.5. The number of rotatable bonds is 16. The van der Waals surface area contributed by atoms with Crippen molar-refractivity contribution in [3.8, 4) is 5.75 Å². The molecule has 236 valence electrons. The first-order valence-corrected chi connectivity index (χ1v) is 16.4. The summed E-state index contributed by atoms with van der Waals surface area (Å²) in [5.41, 5.74) is -0.446. The number of hydrogen-bond donors (Lipinski definition) is 1. The molecule has 0 aromatic heterocycles. The normalized spacial score (nSPS) is 27.3. The molecule has 0 aliphatic carbocycles. The predicted molar refractivity (Wildman–Crippen MR) is 170 cm³/mol. The molecule has 0 saturated carbocycles. The van der Waals surface area contributed by atoms with Gasteiger partial charge in [-0.05, 0) is 64.3 Å². The number of carbonyl (C=O) groups is 3. The van der Waals surface area contributed by atoms with Gasteiger partial charge in [0.1, 0.15) is 17.4 Å². The third kappa shape index (κ3) is 6.28. The van der Waals surface area contributed by atoms with Gasteiger partial charge in [-0.2, -0.15) is 0 Å². The van der Waals surface area contributed by atoms with Crippen LogP contribution in [0, 0.1) is 11.8 Å². The zero-order chi connectivity index (χ0) is 31.3. The molecule has 3 aliphatic rings. The van der Waals surface area contributed by atoms with E-state index in [2.05, 4.69) is 29.1 Å². The van der Waals surface area contributed by atoms with Crippen LogP contribution in [0.5, 0.6) is 5.75 Å². The monoisotopic (exact) mass is 659 g/mol. The molecule has 3 saturated heterocycles. The molecule has 6 atom stereocenters. The molecule has 3 aliphatic heterocycles. The fraction of sp³-hybridized carbons (Fsp3) is 0.606. The van der Waals surface area contributed by atoms with E-state index in [0.29, 0.717) is 50.4 Å². The molecule has 0 radical (unpaired) electrons. The van der Waals surface area contributed by atoms with Crippen LogP contribution in [-0.2, 0) is 19.1 Å². The van der Waals surface area contributed by atoms with Crippen molar-refractivity contribution in [3.63, 3.8) is 0 Å². The zero-order valence-electron chi connectivity index (χ0n) is 25.6. The summed E-state index contributed by atoms with van der Waals surface area (Å²) in [7, 11) is 0. The number of ether oxygens (including phenoxy) is 2. The lowest BCUT2D eigenvalue weighted by Crippen LogP contribution is -2.58. The Balaban J connectivity index is 1.72. The van der Waals surface area contributed by atoms with Gasteiger partial charge in [-0.25, -0.2) is 0 Å². The van der Waals surface area contributed by atoms with E-state index in [4.69, 9.17) is 9.47 Å². The number of fused-ring (bicyclic) bond motifs is 1. The Morgan fingerprint density at radius 1 is 1.14 bits per heavy atom. The summed E-state index contributed by atoms with van der Waals surface area (Å²) in [5, 5.41) is 9.19. The van der Waals surface area contributed by atoms with Crippen LogP contribution >= 0.6 is 15.9 Å². The smallest absolute Gasteiger partial charge is 0.248 e. The van der Waals surface area contributed by atoms with E-state index in [1.54, 1.807) is 26.9 Å². The summed E-state index contributed by atoms with van der Waals surface area (Å²) in [4.78, 5) is 48.1. The van der Waals surface area contributed by atoms with Gasteiger partial charge < -0.3 is 29.3 Å². The zero-order valence-corrected chi connectivity index (χ0v) is 27.2. The Morgan fingerprint density at radius 2 is 1.81 bits per heavy atom. The molecule has 3 unspecified atom stereocenters. The number of unbranched alkanes of at least 4 members (excludes halogenated alkanes) is 3. The number of carbonyl (C=O) groups excluding carboxylic acids is 3. The van der Waals surface area contributed by atoms with Crippen LogP contribution in [0.15, 0.2) is 49.6 Å². The van der Waals surface area contributed by atoms with Gasteiger partial charge in [0, 0.05) is 42.8 Å². The summed E-state index contributed by atoms with van der Waals surface area (Å²) >= 11 is 3.77. The van der Waals surface area contributed by atoms with Crippen molar-refractivity contribution < 1.29 is 29.0 Å². The molecule has 3 amide bonds. The van der Waals surface area contributed by atoms with Gasteiger partial charge in [0.2, 0.25) is 17.7 Å². The summed E-state index contributed by atoms with van der Waals surface area (Å²) in [6.07, 6.45) is 6.31. The summed E-state index contributed by atoms with van der Waals surface area (Å²) < 4.78 is 12.3. The van der Waals surface area contributed by atoms with E-state index in [0.717, 1.165) is 12.8 Å². The highest BCUT2D eigenvalue weighted by Gasteiger charge is 2.76. The van der Waals surface area contributed by atoms with Crippen LogP contribution in [0.25, 0.3) is 0 Å². The number of anilines is 1. The molecule has 10 heteroatoms. The summed E-state index contributed by atoms with van der Waals surface area (Å²) in [5.74, 6) is -1.44. The van der Waals surface area contributed by atoms with Crippen molar-refractivity contribution in [2.45, 2.75) is 81.5 Å². The van der Waals surface area contributed by atoms with Crippen molar-refractivity contribution in [1.29, 1.82) is 0 Å². The molecular weight excluding hydrogens is 614 g/mol. The Hall–Kier alpha value is -2.69. The fourth-order valence-corrected chi connectivity index (χ4v) is 7.99. The minimum atomic E-state index is -1.12. The molecule has 1 aromatic carbocycles. The number of hydrogen-bond acceptors (Lipinski definition) is 6. The van der Waals surface area contributed by atoms with E-state index < -0.39 is 29.6 Å². The Bertz CT molecular complexity index is 1180. The van der Waals surface area contributed by atoms with E-state index in [1.807, 2.05) is 45.0 Å². The van der Waals surface area contributed by atoms with E-state index >= 15 is 0 Å².